The highest BCUT2D eigenvalue weighted by atomic mass is 32.1. The van der Waals surface area contributed by atoms with Crippen LogP contribution in [0, 0.1) is 18.8 Å². The molecule has 0 spiro atoms. The minimum atomic E-state index is -0.408. The van der Waals surface area contributed by atoms with Crippen LogP contribution in [0.4, 0.5) is 10.7 Å². The first-order valence-electron chi connectivity index (χ1n) is 10.3. The van der Waals surface area contributed by atoms with E-state index < -0.39 is 5.97 Å². The number of ketones is 1. The summed E-state index contributed by atoms with van der Waals surface area (Å²) in [4.78, 5) is 37.2. The van der Waals surface area contributed by atoms with Crippen LogP contribution in [0.25, 0.3) is 10.4 Å². The lowest BCUT2D eigenvalue weighted by Crippen LogP contribution is -2.17. The monoisotopic (exact) mass is 442 g/mol. The summed E-state index contributed by atoms with van der Waals surface area (Å²) in [5.41, 5.74) is 2.90. The Kier molecular flexibility index (Phi) is 8.56. The minimum Gasteiger partial charge on any atom is -0.462 e. The lowest BCUT2D eigenvalue weighted by Gasteiger charge is -2.08. The molecule has 1 aromatic carbocycles. The average molecular weight is 443 g/mol. The van der Waals surface area contributed by atoms with Gasteiger partial charge in [-0.25, -0.2) is 4.79 Å². The maximum atomic E-state index is 12.6. The number of hydrogen-bond acceptors (Lipinski definition) is 6. The van der Waals surface area contributed by atoms with Gasteiger partial charge in [-0.05, 0) is 43.2 Å². The van der Waals surface area contributed by atoms with Gasteiger partial charge in [-0.15, -0.1) is 11.3 Å². The molecule has 0 aliphatic carbocycles. The van der Waals surface area contributed by atoms with Crippen LogP contribution in [-0.2, 0) is 14.3 Å². The van der Waals surface area contributed by atoms with Crippen molar-refractivity contribution in [3.05, 3.63) is 47.7 Å². The molecule has 1 amide bonds. The van der Waals surface area contributed by atoms with E-state index in [9.17, 15) is 14.4 Å². The number of nitrogens with one attached hydrogen (secondary N) is 2. The van der Waals surface area contributed by atoms with Gasteiger partial charge in [0.1, 0.15) is 5.00 Å². The van der Waals surface area contributed by atoms with Gasteiger partial charge in [0.2, 0.25) is 5.91 Å². The molecule has 2 N–H and O–H groups in total. The number of allylic oxidation sites excluding steroid dienone is 1. The molecule has 2 rings (SSSR count). The first-order chi connectivity index (χ1) is 14.6. The topological polar surface area (TPSA) is 84.5 Å². The van der Waals surface area contributed by atoms with Crippen LogP contribution in [0.1, 0.15) is 50.5 Å². The third kappa shape index (κ3) is 6.28. The number of carbonyl (C=O) groups excluding carboxylic acids is 3. The second-order valence-electron chi connectivity index (χ2n) is 7.74. The second-order valence-corrected chi connectivity index (χ2v) is 8.76. The molecule has 7 heteroatoms. The van der Waals surface area contributed by atoms with E-state index in [1.54, 1.807) is 13.1 Å². The van der Waals surface area contributed by atoms with E-state index >= 15 is 0 Å². The highest BCUT2D eigenvalue weighted by Gasteiger charge is 2.23. The number of esters is 1. The number of amides is 1. The fourth-order valence-corrected chi connectivity index (χ4v) is 3.90. The smallest absolute Gasteiger partial charge is 0.341 e. The average Bonchev–Trinajstić information content (AvgIpc) is 3.04. The van der Waals surface area contributed by atoms with Crippen LogP contribution in [0.2, 0.25) is 0 Å². The molecule has 0 aliphatic rings. The maximum Gasteiger partial charge on any atom is 0.341 e. The van der Waals surface area contributed by atoms with Crippen LogP contribution < -0.4 is 10.6 Å². The molecule has 6 nitrogen and oxygen atoms in total. The van der Waals surface area contributed by atoms with E-state index in [1.165, 1.54) is 17.4 Å². The minimum absolute atomic E-state index is 0.00211. The Balaban J connectivity index is 2.36. The van der Waals surface area contributed by atoms with Gasteiger partial charge in [0, 0.05) is 28.6 Å². The van der Waals surface area contributed by atoms with E-state index in [0.717, 1.165) is 21.7 Å². The summed E-state index contributed by atoms with van der Waals surface area (Å²) in [6, 6.07) is 7.50. The third-order valence-electron chi connectivity index (χ3n) is 4.60. The van der Waals surface area contributed by atoms with E-state index in [-0.39, 0.29) is 30.1 Å². The molecule has 31 heavy (non-hydrogen) atoms. The summed E-state index contributed by atoms with van der Waals surface area (Å²) in [5, 5.41) is 6.57. The fourth-order valence-electron chi connectivity index (χ4n) is 2.72. The van der Waals surface area contributed by atoms with Gasteiger partial charge in [0.05, 0.1) is 12.2 Å². The molecule has 0 saturated carbocycles. The van der Waals surface area contributed by atoms with Gasteiger partial charge in [-0.3, -0.25) is 9.59 Å². The second kappa shape index (κ2) is 10.9. The zero-order valence-electron chi connectivity index (χ0n) is 18.9. The molecule has 166 valence electrons. The SMILES string of the molecule is CCOC(=O)c1c(N/C=C/C(=O)C(C)C)sc(-c2ccc(NC(=O)C(C)C)cc2)c1C. The molecule has 0 fully saturated rings. The van der Waals surface area contributed by atoms with E-state index in [4.69, 9.17) is 4.74 Å². The number of carbonyl (C=O) groups is 3. The van der Waals surface area contributed by atoms with Crippen molar-refractivity contribution in [2.75, 3.05) is 17.2 Å². The molecule has 2 aromatic rings. The van der Waals surface area contributed by atoms with E-state index in [2.05, 4.69) is 10.6 Å². The first kappa shape index (κ1) is 24.3. The van der Waals surface area contributed by atoms with Crippen LogP contribution >= 0.6 is 11.3 Å². The predicted molar refractivity (Wildman–Crippen MR) is 127 cm³/mol. The van der Waals surface area contributed by atoms with Crippen LogP contribution in [-0.4, -0.2) is 24.3 Å². The van der Waals surface area contributed by atoms with Crippen molar-refractivity contribution < 1.29 is 19.1 Å². The van der Waals surface area contributed by atoms with Gasteiger partial charge in [0.25, 0.3) is 0 Å². The van der Waals surface area contributed by atoms with Crippen molar-refractivity contribution in [1.29, 1.82) is 0 Å². The zero-order valence-corrected chi connectivity index (χ0v) is 19.7. The number of ether oxygens (including phenoxy) is 1. The van der Waals surface area contributed by atoms with Crippen LogP contribution in [0.3, 0.4) is 0 Å². The lowest BCUT2D eigenvalue weighted by molar-refractivity contribution is -0.119. The molecule has 1 heterocycles. The van der Waals surface area contributed by atoms with E-state index in [1.807, 2.05) is 58.9 Å². The quantitative estimate of drug-likeness (QED) is 0.387. The van der Waals surface area contributed by atoms with Crippen molar-refractivity contribution >= 4 is 39.7 Å². The summed E-state index contributed by atoms with van der Waals surface area (Å²) in [6.07, 6.45) is 3.03. The van der Waals surface area contributed by atoms with Crippen molar-refractivity contribution in [2.45, 2.75) is 41.5 Å². The number of hydrogen-bond donors (Lipinski definition) is 2. The third-order valence-corrected chi connectivity index (χ3v) is 5.87. The first-order valence-corrected chi connectivity index (χ1v) is 11.2. The van der Waals surface area contributed by atoms with Crippen molar-refractivity contribution in [3.63, 3.8) is 0 Å². The Hall–Kier alpha value is -2.93. The summed E-state index contributed by atoms with van der Waals surface area (Å²) < 4.78 is 5.24. The van der Waals surface area contributed by atoms with Crippen molar-refractivity contribution in [2.24, 2.45) is 11.8 Å². The highest BCUT2D eigenvalue weighted by molar-refractivity contribution is 7.20. The van der Waals surface area contributed by atoms with Gasteiger partial charge in [-0.2, -0.15) is 0 Å². The summed E-state index contributed by atoms with van der Waals surface area (Å²) in [6.45, 7) is 11.3. The normalized spacial score (nSPS) is 11.2. The molecule has 0 saturated heterocycles. The van der Waals surface area contributed by atoms with Gasteiger partial charge in [-0.1, -0.05) is 39.8 Å². The molecule has 0 aliphatic heterocycles. The molecular weight excluding hydrogens is 412 g/mol. The summed E-state index contributed by atoms with van der Waals surface area (Å²) >= 11 is 1.42. The molecular formula is C24H30N2O4S. The summed E-state index contributed by atoms with van der Waals surface area (Å²) in [7, 11) is 0. The highest BCUT2D eigenvalue weighted by Crippen LogP contribution is 2.40. The zero-order chi connectivity index (χ0) is 23.1. The largest absolute Gasteiger partial charge is 0.462 e. The Bertz CT molecular complexity index is 972. The Morgan fingerprint density at radius 3 is 2.26 bits per heavy atom. The number of thiophene rings is 1. The van der Waals surface area contributed by atoms with Crippen LogP contribution in [0.5, 0.6) is 0 Å². The Labute approximate surface area is 187 Å². The van der Waals surface area contributed by atoms with E-state index in [0.29, 0.717) is 10.6 Å². The fraction of sp³-hybridized carbons (Fsp3) is 0.375. The number of rotatable bonds is 9. The van der Waals surface area contributed by atoms with Gasteiger partial charge < -0.3 is 15.4 Å². The maximum absolute atomic E-state index is 12.6. The molecule has 0 radical (unpaired) electrons. The predicted octanol–water partition coefficient (Wildman–Crippen LogP) is 5.65. The van der Waals surface area contributed by atoms with Crippen LogP contribution in [0.15, 0.2) is 36.5 Å². The van der Waals surface area contributed by atoms with Gasteiger partial charge in [0.15, 0.2) is 5.78 Å². The van der Waals surface area contributed by atoms with Gasteiger partial charge >= 0.3 is 5.97 Å². The molecule has 0 unspecified atom stereocenters. The standard InChI is InChI=1S/C24H30N2O4S/c1-7-30-24(29)20-16(6)21(31-23(20)25-13-12-19(27)14(2)3)17-8-10-18(11-9-17)26-22(28)15(4)5/h8-15,25H,7H2,1-6H3,(H,26,28)/b13-12+. The molecule has 0 bridgehead atoms. The molecule has 1 aromatic heterocycles. The lowest BCUT2D eigenvalue weighted by atomic mass is 10.1. The Morgan fingerprint density at radius 1 is 1.06 bits per heavy atom. The Morgan fingerprint density at radius 2 is 1.71 bits per heavy atom. The molecule has 0 atom stereocenters. The summed E-state index contributed by atoms with van der Waals surface area (Å²) in [5.74, 6) is -0.653. The number of benzene rings is 1. The number of anilines is 2. The van der Waals surface area contributed by atoms with Crippen molar-refractivity contribution in [1.82, 2.24) is 0 Å². The van der Waals surface area contributed by atoms with Crippen molar-refractivity contribution in [3.8, 4) is 10.4 Å².